The van der Waals surface area contributed by atoms with E-state index in [0.717, 1.165) is 26.2 Å². The van der Waals surface area contributed by atoms with Crippen molar-refractivity contribution < 1.29 is 9.21 Å². The molecular weight excluding hydrogens is 298 g/mol. The molecule has 0 unspecified atom stereocenters. The highest BCUT2D eigenvalue weighted by Crippen LogP contribution is 2.14. The van der Waals surface area contributed by atoms with Crippen molar-refractivity contribution in [2.75, 3.05) is 33.2 Å². The summed E-state index contributed by atoms with van der Waals surface area (Å²) in [6.45, 7) is 3.29. The Bertz CT molecular complexity index is 717. The second kappa shape index (κ2) is 6.76. The number of piperazine rings is 1. The Morgan fingerprint density at radius 2 is 2.13 bits per heavy atom. The normalized spacial score (nSPS) is 16.4. The molecule has 0 saturated carbocycles. The van der Waals surface area contributed by atoms with Crippen LogP contribution in [0.2, 0.25) is 0 Å². The van der Waals surface area contributed by atoms with Gasteiger partial charge in [0.25, 0.3) is 11.5 Å². The highest BCUT2D eigenvalue weighted by atomic mass is 16.3. The van der Waals surface area contributed by atoms with E-state index in [2.05, 4.69) is 15.3 Å². The number of amides is 1. The van der Waals surface area contributed by atoms with Crippen molar-refractivity contribution in [3.05, 3.63) is 41.1 Å². The Labute approximate surface area is 133 Å². The molecule has 0 radical (unpaired) electrons. The molecule has 8 nitrogen and oxygen atoms in total. The molecule has 1 fully saturated rings. The van der Waals surface area contributed by atoms with Crippen molar-refractivity contribution >= 4 is 5.91 Å². The van der Waals surface area contributed by atoms with Gasteiger partial charge in [0.2, 0.25) is 0 Å². The Morgan fingerprint density at radius 3 is 2.78 bits per heavy atom. The van der Waals surface area contributed by atoms with Gasteiger partial charge >= 0.3 is 0 Å². The van der Waals surface area contributed by atoms with Crippen LogP contribution in [0.4, 0.5) is 0 Å². The summed E-state index contributed by atoms with van der Waals surface area (Å²) in [7, 11) is 2.05. The fourth-order valence-electron chi connectivity index (χ4n) is 2.39. The Kier molecular flexibility index (Phi) is 4.54. The van der Waals surface area contributed by atoms with Crippen LogP contribution < -0.4 is 11.0 Å². The van der Waals surface area contributed by atoms with Crippen LogP contribution in [0.3, 0.4) is 0 Å². The second-order valence-electron chi connectivity index (χ2n) is 5.54. The summed E-state index contributed by atoms with van der Waals surface area (Å²) in [5.74, 6) is 0.292. The van der Waals surface area contributed by atoms with E-state index < -0.39 is 0 Å². The lowest BCUT2D eigenvalue weighted by atomic mass is 10.3. The number of aromatic nitrogens is 2. The lowest BCUT2D eigenvalue weighted by molar-refractivity contribution is -0.127. The fraction of sp³-hybridized carbons (Fsp3) is 0.400. The third-order valence-electron chi connectivity index (χ3n) is 3.75. The van der Waals surface area contributed by atoms with E-state index in [9.17, 15) is 9.59 Å². The lowest BCUT2D eigenvalue weighted by Gasteiger charge is -2.32. The average Bonchev–Trinajstić information content (AvgIpc) is 3.06. The van der Waals surface area contributed by atoms with Gasteiger partial charge in [-0.25, -0.2) is 9.99 Å². The van der Waals surface area contributed by atoms with E-state index in [4.69, 9.17) is 4.42 Å². The predicted molar refractivity (Wildman–Crippen MR) is 83.4 cm³/mol. The number of likely N-dealkylation sites (N-methyl/N-ethyl adjacent to an activating group) is 1. The maximum Gasteiger partial charge on any atom is 0.254 e. The first-order valence-electron chi connectivity index (χ1n) is 7.45. The standard InChI is InChI=1S/C15H19N5O3/c1-18-4-6-20(7-5-18)17-14(21)10-19-11-16-12(9-15(19)22)13-3-2-8-23-13/h2-3,8-9,11H,4-7,10H2,1H3,(H,17,21). The van der Waals surface area contributed by atoms with Gasteiger partial charge < -0.3 is 9.32 Å². The Morgan fingerprint density at radius 1 is 1.35 bits per heavy atom. The first-order valence-corrected chi connectivity index (χ1v) is 7.45. The molecule has 0 atom stereocenters. The predicted octanol–water partition coefficient (Wildman–Crippen LogP) is -0.218. The molecule has 1 aliphatic rings. The molecule has 0 spiro atoms. The van der Waals surface area contributed by atoms with E-state index in [-0.39, 0.29) is 18.0 Å². The number of nitrogens with zero attached hydrogens (tertiary/aromatic N) is 4. The monoisotopic (exact) mass is 317 g/mol. The van der Waals surface area contributed by atoms with Crippen LogP contribution in [0.5, 0.6) is 0 Å². The van der Waals surface area contributed by atoms with Crippen molar-refractivity contribution in [1.82, 2.24) is 24.9 Å². The highest BCUT2D eigenvalue weighted by molar-refractivity contribution is 5.75. The molecule has 1 N–H and O–H groups in total. The first-order chi connectivity index (χ1) is 11.1. The molecule has 0 aromatic carbocycles. The molecule has 1 amide bonds. The number of hydrogen-bond donors (Lipinski definition) is 1. The van der Waals surface area contributed by atoms with E-state index in [1.54, 1.807) is 12.1 Å². The van der Waals surface area contributed by atoms with Crippen LogP contribution in [0.1, 0.15) is 0 Å². The number of carbonyl (C=O) groups is 1. The van der Waals surface area contributed by atoms with Crippen LogP contribution in [-0.2, 0) is 11.3 Å². The van der Waals surface area contributed by atoms with Crippen LogP contribution in [-0.4, -0.2) is 58.6 Å². The minimum absolute atomic E-state index is 0.0589. The molecule has 23 heavy (non-hydrogen) atoms. The molecular formula is C15H19N5O3. The summed E-state index contributed by atoms with van der Waals surface area (Å²) in [5.41, 5.74) is 2.98. The number of nitrogens with one attached hydrogen (secondary N) is 1. The van der Waals surface area contributed by atoms with Crippen molar-refractivity contribution in [2.24, 2.45) is 0 Å². The van der Waals surface area contributed by atoms with Crippen molar-refractivity contribution in [1.29, 1.82) is 0 Å². The number of hydrazine groups is 1. The van der Waals surface area contributed by atoms with Gasteiger partial charge in [0.05, 0.1) is 12.6 Å². The van der Waals surface area contributed by atoms with Gasteiger partial charge in [-0.1, -0.05) is 0 Å². The second-order valence-corrected chi connectivity index (χ2v) is 5.54. The maximum atomic E-state index is 12.1. The summed E-state index contributed by atoms with van der Waals surface area (Å²) >= 11 is 0. The number of carbonyl (C=O) groups excluding carboxylic acids is 1. The third-order valence-corrected chi connectivity index (χ3v) is 3.75. The summed E-state index contributed by atoms with van der Waals surface area (Å²) in [6, 6.07) is 4.82. The van der Waals surface area contributed by atoms with Gasteiger partial charge in [-0.05, 0) is 19.2 Å². The van der Waals surface area contributed by atoms with Gasteiger partial charge in [0.1, 0.15) is 12.2 Å². The molecule has 2 aromatic rings. The zero-order valence-corrected chi connectivity index (χ0v) is 12.9. The smallest absolute Gasteiger partial charge is 0.254 e. The fourth-order valence-corrected chi connectivity index (χ4v) is 2.39. The highest BCUT2D eigenvalue weighted by Gasteiger charge is 2.16. The zero-order valence-electron chi connectivity index (χ0n) is 12.9. The Balaban J connectivity index is 1.61. The van der Waals surface area contributed by atoms with Gasteiger partial charge in [-0.3, -0.25) is 19.6 Å². The van der Waals surface area contributed by atoms with Gasteiger partial charge in [0, 0.05) is 32.2 Å². The van der Waals surface area contributed by atoms with Gasteiger partial charge in [-0.2, -0.15) is 0 Å². The molecule has 3 heterocycles. The van der Waals surface area contributed by atoms with Crippen molar-refractivity contribution in [2.45, 2.75) is 6.54 Å². The molecule has 0 bridgehead atoms. The van der Waals surface area contributed by atoms with E-state index in [0.29, 0.717) is 11.5 Å². The number of hydrogen-bond acceptors (Lipinski definition) is 6. The molecule has 3 rings (SSSR count). The third kappa shape index (κ3) is 3.85. The van der Waals surface area contributed by atoms with Gasteiger partial charge in [0.15, 0.2) is 5.76 Å². The minimum Gasteiger partial charge on any atom is -0.463 e. The number of furan rings is 1. The van der Waals surface area contributed by atoms with E-state index >= 15 is 0 Å². The van der Waals surface area contributed by atoms with Crippen LogP contribution in [0.15, 0.2) is 40.0 Å². The van der Waals surface area contributed by atoms with E-state index in [1.807, 2.05) is 12.1 Å². The van der Waals surface area contributed by atoms with E-state index in [1.165, 1.54) is 23.2 Å². The molecule has 1 aliphatic heterocycles. The quantitative estimate of drug-likeness (QED) is 0.839. The average molecular weight is 317 g/mol. The lowest BCUT2D eigenvalue weighted by Crippen LogP contribution is -2.53. The number of rotatable bonds is 4. The zero-order chi connectivity index (χ0) is 16.2. The topological polar surface area (TPSA) is 83.6 Å². The molecule has 0 aliphatic carbocycles. The first kappa shape index (κ1) is 15.4. The van der Waals surface area contributed by atoms with Crippen molar-refractivity contribution in [3.63, 3.8) is 0 Å². The van der Waals surface area contributed by atoms with Gasteiger partial charge in [-0.15, -0.1) is 0 Å². The van der Waals surface area contributed by atoms with Crippen LogP contribution >= 0.6 is 0 Å². The van der Waals surface area contributed by atoms with Crippen LogP contribution in [0.25, 0.3) is 11.5 Å². The summed E-state index contributed by atoms with van der Waals surface area (Å²) in [5, 5.41) is 1.87. The molecule has 8 heteroatoms. The summed E-state index contributed by atoms with van der Waals surface area (Å²) in [6.07, 6.45) is 2.88. The molecule has 2 aromatic heterocycles. The van der Waals surface area contributed by atoms with Crippen molar-refractivity contribution in [3.8, 4) is 11.5 Å². The summed E-state index contributed by atoms with van der Waals surface area (Å²) in [4.78, 5) is 30.5. The minimum atomic E-state index is -0.292. The molecule has 1 saturated heterocycles. The maximum absolute atomic E-state index is 12.1. The summed E-state index contributed by atoms with van der Waals surface area (Å²) < 4.78 is 6.48. The SMILES string of the molecule is CN1CCN(NC(=O)Cn2cnc(-c3ccco3)cc2=O)CC1. The molecule has 122 valence electrons. The Hall–Kier alpha value is -2.45. The van der Waals surface area contributed by atoms with Crippen LogP contribution in [0, 0.1) is 0 Å². The largest absolute Gasteiger partial charge is 0.463 e.